The molecule has 86 valence electrons. The molecule has 1 N–H and O–H groups in total. The second kappa shape index (κ2) is 4.58. The standard InChI is InChI=1S/C15H21N/c1-2-4-12(5-3-1)6-7-13-10-14-8-9-15(11-13)16-14/h1-5,13-16H,6-11H2. The lowest BCUT2D eigenvalue weighted by atomic mass is 9.87. The van der Waals surface area contributed by atoms with Crippen LogP contribution in [0.1, 0.15) is 37.7 Å². The van der Waals surface area contributed by atoms with Gasteiger partial charge in [-0.15, -0.1) is 0 Å². The van der Waals surface area contributed by atoms with E-state index in [1.165, 1.54) is 44.1 Å². The molecule has 3 rings (SSSR count). The summed E-state index contributed by atoms with van der Waals surface area (Å²) in [6.07, 6.45) is 8.34. The van der Waals surface area contributed by atoms with E-state index in [2.05, 4.69) is 35.6 Å². The largest absolute Gasteiger partial charge is 0.311 e. The fourth-order valence-corrected chi connectivity index (χ4v) is 3.43. The molecule has 2 aliphatic rings. The van der Waals surface area contributed by atoms with Gasteiger partial charge in [-0.1, -0.05) is 30.3 Å². The lowest BCUT2D eigenvalue weighted by molar-refractivity contribution is 0.286. The molecule has 1 aromatic rings. The topological polar surface area (TPSA) is 12.0 Å². The number of nitrogens with one attached hydrogen (secondary N) is 1. The van der Waals surface area contributed by atoms with Crippen LogP contribution in [0, 0.1) is 5.92 Å². The Bertz CT molecular complexity index is 321. The predicted molar refractivity (Wildman–Crippen MR) is 67.4 cm³/mol. The maximum atomic E-state index is 3.72. The first kappa shape index (κ1) is 10.3. The van der Waals surface area contributed by atoms with Crippen LogP contribution in [0.4, 0.5) is 0 Å². The molecular weight excluding hydrogens is 194 g/mol. The van der Waals surface area contributed by atoms with Gasteiger partial charge in [0.15, 0.2) is 0 Å². The van der Waals surface area contributed by atoms with Crippen LogP contribution < -0.4 is 5.32 Å². The Hall–Kier alpha value is -0.820. The predicted octanol–water partition coefficient (Wildman–Crippen LogP) is 3.15. The number of hydrogen-bond acceptors (Lipinski definition) is 1. The molecule has 2 unspecified atom stereocenters. The van der Waals surface area contributed by atoms with Gasteiger partial charge < -0.3 is 5.32 Å². The normalized spacial score (nSPS) is 32.9. The van der Waals surface area contributed by atoms with Crippen LogP contribution in [0.15, 0.2) is 30.3 Å². The molecule has 1 nitrogen and oxygen atoms in total. The maximum Gasteiger partial charge on any atom is 0.00728 e. The first-order valence-electron chi connectivity index (χ1n) is 6.70. The Kier molecular flexibility index (Phi) is 2.96. The lowest BCUT2D eigenvalue weighted by Gasteiger charge is -2.29. The maximum absolute atomic E-state index is 3.72. The summed E-state index contributed by atoms with van der Waals surface area (Å²) in [5.74, 6) is 0.971. The van der Waals surface area contributed by atoms with Gasteiger partial charge in [0.05, 0.1) is 0 Å². The van der Waals surface area contributed by atoms with E-state index in [-0.39, 0.29) is 0 Å². The Morgan fingerprint density at radius 1 is 1.00 bits per heavy atom. The zero-order valence-electron chi connectivity index (χ0n) is 9.86. The van der Waals surface area contributed by atoms with Gasteiger partial charge >= 0.3 is 0 Å². The zero-order valence-corrected chi connectivity index (χ0v) is 9.86. The van der Waals surface area contributed by atoms with Gasteiger partial charge in [-0.2, -0.15) is 0 Å². The minimum absolute atomic E-state index is 0.847. The summed E-state index contributed by atoms with van der Waals surface area (Å²) >= 11 is 0. The summed E-state index contributed by atoms with van der Waals surface area (Å²) in [6.45, 7) is 0. The van der Waals surface area contributed by atoms with E-state index in [4.69, 9.17) is 0 Å². The van der Waals surface area contributed by atoms with Gasteiger partial charge in [-0.3, -0.25) is 0 Å². The summed E-state index contributed by atoms with van der Waals surface area (Å²) in [6, 6.07) is 12.6. The molecule has 0 aliphatic carbocycles. The number of fused-ring (bicyclic) bond motifs is 2. The molecule has 0 saturated carbocycles. The Labute approximate surface area is 98.3 Å². The van der Waals surface area contributed by atoms with Crippen LogP contribution in [0.2, 0.25) is 0 Å². The average Bonchev–Trinajstić information content (AvgIpc) is 2.67. The Morgan fingerprint density at radius 3 is 2.38 bits per heavy atom. The summed E-state index contributed by atoms with van der Waals surface area (Å²) in [4.78, 5) is 0. The van der Waals surface area contributed by atoms with Crippen molar-refractivity contribution in [1.82, 2.24) is 5.32 Å². The highest BCUT2D eigenvalue weighted by molar-refractivity contribution is 5.14. The van der Waals surface area contributed by atoms with E-state index < -0.39 is 0 Å². The second-order valence-corrected chi connectivity index (χ2v) is 5.50. The van der Waals surface area contributed by atoms with Crippen molar-refractivity contribution in [3.05, 3.63) is 35.9 Å². The fourth-order valence-electron chi connectivity index (χ4n) is 3.43. The van der Waals surface area contributed by atoms with Gasteiger partial charge in [-0.25, -0.2) is 0 Å². The van der Waals surface area contributed by atoms with Crippen LogP contribution in [0.3, 0.4) is 0 Å². The van der Waals surface area contributed by atoms with Crippen LogP contribution >= 0.6 is 0 Å². The molecule has 2 bridgehead atoms. The van der Waals surface area contributed by atoms with E-state index in [1.807, 2.05) is 0 Å². The number of aryl methyl sites for hydroxylation is 1. The zero-order chi connectivity index (χ0) is 10.8. The van der Waals surface area contributed by atoms with Crippen molar-refractivity contribution in [3.63, 3.8) is 0 Å². The first-order valence-corrected chi connectivity index (χ1v) is 6.70. The number of hydrogen-bond donors (Lipinski definition) is 1. The molecule has 16 heavy (non-hydrogen) atoms. The van der Waals surface area contributed by atoms with Gasteiger partial charge in [0.2, 0.25) is 0 Å². The molecule has 1 heteroatoms. The third-order valence-electron chi connectivity index (χ3n) is 4.25. The average molecular weight is 215 g/mol. The van der Waals surface area contributed by atoms with E-state index >= 15 is 0 Å². The SMILES string of the molecule is c1ccc(CCC2CC3CCC(C2)N3)cc1. The van der Waals surface area contributed by atoms with Gasteiger partial charge in [-0.05, 0) is 50.0 Å². The quantitative estimate of drug-likeness (QED) is 0.816. The van der Waals surface area contributed by atoms with Crippen molar-refractivity contribution in [1.29, 1.82) is 0 Å². The highest BCUT2D eigenvalue weighted by atomic mass is 15.0. The summed E-state index contributed by atoms with van der Waals surface area (Å²) < 4.78 is 0. The van der Waals surface area contributed by atoms with Crippen LogP contribution in [0.5, 0.6) is 0 Å². The molecule has 0 spiro atoms. The highest BCUT2D eigenvalue weighted by Gasteiger charge is 2.32. The highest BCUT2D eigenvalue weighted by Crippen LogP contribution is 2.33. The molecule has 2 fully saturated rings. The summed E-state index contributed by atoms with van der Waals surface area (Å²) in [7, 11) is 0. The molecule has 2 atom stereocenters. The van der Waals surface area contributed by atoms with E-state index in [1.54, 1.807) is 0 Å². The van der Waals surface area contributed by atoms with Crippen molar-refractivity contribution >= 4 is 0 Å². The second-order valence-electron chi connectivity index (χ2n) is 5.50. The minimum Gasteiger partial charge on any atom is -0.311 e. The minimum atomic E-state index is 0.847. The molecule has 0 amide bonds. The van der Waals surface area contributed by atoms with Crippen molar-refractivity contribution in [2.75, 3.05) is 0 Å². The Balaban J connectivity index is 1.52. The molecular formula is C15H21N. The monoisotopic (exact) mass is 215 g/mol. The van der Waals surface area contributed by atoms with Crippen molar-refractivity contribution < 1.29 is 0 Å². The van der Waals surface area contributed by atoms with Crippen LogP contribution in [0.25, 0.3) is 0 Å². The molecule has 2 saturated heterocycles. The van der Waals surface area contributed by atoms with E-state index in [9.17, 15) is 0 Å². The van der Waals surface area contributed by atoms with Gasteiger partial charge in [0, 0.05) is 12.1 Å². The molecule has 2 aliphatic heterocycles. The van der Waals surface area contributed by atoms with Crippen LogP contribution in [-0.4, -0.2) is 12.1 Å². The van der Waals surface area contributed by atoms with E-state index in [0.29, 0.717) is 0 Å². The van der Waals surface area contributed by atoms with Crippen molar-refractivity contribution in [3.8, 4) is 0 Å². The van der Waals surface area contributed by atoms with Crippen molar-refractivity contribution in [2.24, 2.45) is 5.92 Å². The van der Waals surface area contributed by atoms with Gasteiger partial charge in [0.25, 0.3) is 0 Å². The molecule has 1 aromatic carbocycles. The van der Waals surface area contributed by atoms with E-state index in [0.717, 1.165) is 18.0 Å². The third-order valence-corrected chi connectivity index (χ3v) is 4.25. The fraction of sp³-hybridized carbons (Fsp3) is 0.600. The summed E-state index contributed by atoms with van der Waals surface area (Å²) in [5.41, 5.74) is 1.51. The van der Waals surface area contributed by atoms with Crippen LogP contribution in [-0.2, 0) is 6.42 Å². The van der Waals surface area contributed by atoms with Gasteiger partial charge in [0.1, 0.15) is 0 Å². The lowest BCUT2D eigenvalue weighted by Crippen LogP contribution is -2.38. The smallest absolute Gasteiger partial charge is 0.00728 e. The molecule has 0 aromatic heterocycles. The van der Waals surface area contributed by atoms with Crippen molar-refractivity contribution in [2.45, 2.75) is 50.6 Å². The first-order chi connectivity index (χ1) is 7.90. The Morgan fingerprint density at radius 2 is 1.69 bits per heavy atom. The number of benzene rings is 1. The molecule has 2 heterocycles. The number of rotatable bonds is 3. The summed E-state index contributed by atoms with van der Waals surface area (Å²) in [5, 5.41) is 3.72. The molecule has 0 radical (unpaired) electrons. The third kappa shape index (κ3) is 2.30. The number of piperidine rings is 1.